The van der Waals surface area contributed by atoms with Gasteiger partial charge in [0.05, 0.1) is 5.60 Å². The summed E-state index contributed by atoms with van der Waals surface area (Å²) in [7, 11) is 0. The van der Waals surface area contributed by atoms with Gasteiger partial charge < -0.3 is 56.2 Å². The molecule has 4 atom stereocenters. The summed E-state index contributed by atoms with van der Waals surface area (Å²) in [6, 6.07) is 0. The molecule has 0 heterocycles. The van der Waals surface area contributed by atoms with Crippen molar-refractivity contribution in [3.63, 3.8) is 0 Å². The molecule has 0 aliphatic heterocycles. The Labute approximate surface area is 294 Å². The first-order valence-electron chi connectivity index (χ1n) is 15.0. The van der Waals surface area contributed by atoms with Gasteiger partial charge in [-0.15, -0.1) is 0 Å². The van der Waals surface area contributed by atoms with E-state index in [-0.39, 0.29) is 24.4 Å². The van der Waals surface area contributed by atoms with Gasteiger partial charge in [0.1, 0.15) is 0 Å². The van der Waals surface area contributed by atoms with E-state index < -0.39 is 53.9 Å². The number of aliphatic hydroxyl groups excluding tert-OH is 7. The Morgan fingerprint density at radius 3 is 0.771 bits per heavy atom. The van der Waals surface area contributed by atoms with Gasteiger partial charge in [-0.3, -0.25) is 0 Å². The summed E-state index contributed by atoms with van der Waals surface area (Å²) in [6.07, 6.45) is -9.33. The second kappa shape index (κ2) is 36.5. The first-order valence-corrected chi connectivity index (χ1v) is 16.8. The van der Waals surface area contributed by atoms with Gasteiger partial charge in [-0.1, -0.05) is 0 Å². The average Bonchev–Trinajstić information content (AvgIpc) is 2.80. The van der Waals surface area contributed by atoms with E-state index in [2.05, 4.69) is 37.5 Å². The number of aliphatic hydroxyl groups is 7. The van der Waals surface area contributed by atoms with Crippen molar-refractivity contribution in [2.45, 2.75) is 167 Å². The third-order valence-electron chi connectivity index (χ3n) is 2.66. The molecule has 0 aliphatic carbocycles. The maximum absolute atomic E-state index is 10.5. The van der Waals surface area contributed by atoms with Gasteiger partial charge in [-0.2, -0.15) is 0 Å². The molecule has 0 spiro atoms. The third kappa shape index (κ3) is 79.6. The minimum atomic E-state index is -2.27. The topological polar surface area (TPSA) is 309 Å². The second-order valence-electron chi connectivity index (χ2n) is 12.3. The first kappa shape index (κ1) is 61.5. The van der Waals surface area contributed by atoms with Crippen molar-refractivity contribution < 1.29 is 104 Å². The molecule has 0 bridgehead atoms. The molecule has 11 N–H and O–H groups in total. The summed E-state index contributed by atoms with van der Waals surface area (Å²) in [5.41, 5.74) is -0.800. The van der Waals surface area contributed by atoms with Gasteiger partial charge in [0, 0.05) is 24.4 Å². The molecule has 0 rings (SSSR count). The minimum Gasteiger partial charge on any atom is -0.479 e. The number of carboxylic acids is 4. The van der Waals surface area contributed by atoms with E-state index >= 15 is 0 Å². The van der Waals surface area contributed by atoms with Crippen LogP contribution in [0.15, 0.2) is 0 Å². The van der Waals surface area contributed by atoms with E-state index in [1.54, 1.807) is 76.2 Å². The quantitative estimate of drug-likeness (QED) is 0.0862. The maximum atomic E-state index is 10.5. The Balaban J connectivity index is -0.0000000886. The molecule has 0 amide bonds. The molecule has 0 aromatic heterocycles. The molecule has 0 fully saturated rings. The van der Waals surface area contributed by atoms with Crippen LogP contribution >= 0.6 is 0 Å². The maximum Gasteiger partial charge on any atom is 0.335 e. The summed E-state index contributed by atoms with van der Waals surface area (Å²) >= 11 is 0.389. The zero-order valence-corrected chi connectivity index (χ0v) is 32.7. The van der Waals surface area contributed by atoms with Crippen molar-refractivity contribution in [1.29, 1.82) is 0 Å². The number of carboxylic acid groups (broad SMARTS) is 4. The smallest absolute Gasteiger partial charge is 0.335 e. The normalized spacial score (nSPS) is 12.8. The van der Waals surface area contributed by atoms with E-state index in [9.17, 15) is 19.2 Å². The largest absolute Gasteiger partial charge is 0.479 e. The first-order chi connectivity index (χ1) is 21.2. The van der Waals surface area contributed by atoms with Crippen LogP contribution in [-0.2, 0) is 48.1 Å². The van der Waals surface area contributed by atoms with Crippen molar-refractivity contribution in [1.82, 2.24) is 0 Å². The van der Waals surface area contributed by atoms with Crippen LogP contribution in [0.2, 0.25) is 8.45 Å². The Kier molecular flexibility index (Phi) is 46.7. The van der Waals surface area contributed by atoms with E-state index in [1.807, 2.05) is 0 Å². The molecule has 0 aliphatic rings. The zero-order valence-electron chi connectivity index (χ0n) is 31.1. The number of aliphatic carboxylic acids is 4. The van der Waals surface area contributed by atoms with Crippen LogP contribution in [0.4, 0.5) is 0 Å². The van der Waals surface area contributed by atoms with Crippen LogP contribution in [0, 0.1) is 0 Å². The van der Waals surface area contributed by atoms with E-state index in [1.165, 1.54) is 0 Å². The van der Waals surface area contributed by atoms with Crippen LogP contribution < -0.4 is 0 Å². The summed E-state index contributed by atoms with van der Waals surface area (Å²) < 4.78 is 2.00. The Bertz CT molecular complexity index is 708. The van der Waals surface area contributed by atoms with Crippen LogP contribution in [0.3, 0.4) is 0 Å². The Hall–Kier alpha value is -1.77. The molecule has 48 heavy (non-hydrogen) atoms. The molecular weight excluding hydrogens is 680 g/mol. The molecule has 0 aromatic carbocycles. The van der Waals surface area contributed by atoms with Crippen molar-refractivity contribution >= 4 is 23.9 Å². The molecule has 0 saturated carbocycles. The molecule has 17 nitrogen and oxygen atoms in total. The van der Waals surface area contributed by atoms with Crippen LogP contribution in [0.25, 0.3) is 0 Å². The van der Waals surface area contributed by atoms with Gasteiger partial charge in [-0.05, 0) is 76.2 Å². The minimum absolute atomic E-state index is 0.167. The van der Waals surface area contributed by atoms with Crippen molar-refractivity contribution in [3.05, 3.63) is 0 Å². The van der Waals surface area contributed by atoms with Crippen LogP contribution in [0.1, 0.15) is 104 Å². The molecule has 4 unspecified atom stereocenters. The van der Waals surface area contributed by atoms with Crippen LogP contribution in [0.5, 0.6) is 0 Å². The predicted molar refractivity (Wildman–Crippen MR) is 174 cm³/mol. The fourth-order valence-corrected chi connectivity index (χ4v) is 3.57. The van der Waals surface area contributed by atoms with Gasteiger partial charge in [0.15, 0.2) is 18.3 Å². The van der Waals surface area contributed by atoms with Crippen molar-refractivity contribution in [2.24, 2.45) is 0 Å². The fraction of sp³-hybridized carbons (Fsp3) is 0.867. The number of hydrogen-bond acceptors (Lipinski definition) is 13. The van der Waals surface area contributed by atoms with Crippen molar-refractivity contribution in [3.8, 4) is 0 Å². The molecule has 0 saturated heterocycles. The van der Waals surface area contributed by atoms with Gasteiger partial charge in [-0.25, -0.2) is 29.0 Å². The van der Waals surface area contributed by atoms with E-state index in [0.29, 0.717) is 19.2 Å². The summed E-state index contributed by atoms with van der Waals surface area (Å²) in [6.45, 7) is 27.8. The average molecular weight is 747 g/mol. The van der Waals surface area contributed by atoms with E-state index in [4.69, 9.17) is 56.2 Å². The summed E-state index contributed by atoms with van der Waals surface area (Å²) in [4.78, 5) is 49.4. The molecule has 18 heteroatoms. The molecule has 292 valence electrons. The van der Waals surface area contributed by atoms with Crippen molar-refractivity contribution in [2.75, 3.05) is 0 Å². The Morgan fingerprint density at radius 1 is 0.458 bits per heavy atom. The molecule has 0 aromatic rings. The number of hydrogen-bond donors (Lipinski definition) is 11. The summed E-state index contributed by atoms with van der Waals surface area (Å²) in [5.74, 6) is -6.85. The monoisotopic (exact) mass is 746 g/mol. The van der Waals surface area contributed by atoms with Gasteiger partial charge in [0.2, 0.25) is 6.10 Å². The standard InChI is InChI=1S/C8H14O7.C4H6O6.4C3H8O.2C3H7.Ti/c1-8(2,3)15-14-5(7(12)13)4(9)6(10)11;5-1(3(7)8)2(6)4(9)10;4*1-3(2)4;2*1-3-2;/h4-5,9H,1-3H3,(H,10,11)(H,12,13);1-2,5-6H,(H,7,8)(H,9,10);4*3-4H,1-2H3;2*3H,1-2H3;. The van der Waals surface area contributed by atoms with E-state index in [0.717, 1.165) is 8.45 Å². The fourth-order valence-electron chi connectivity index (χ4n) is 1.49. The molecule has 0 radical (unpaired) electrons. The number of carbonyl (C=O) groups is 4. The SMILES string of the molecule is CC(C)(C)OOC(C(=O)O)C(O)C(=O)O.CC(C)O.CC(C)O.CC(C)O.CC(C)O.C[CH](C)[Ti][CH](C)C.O=C(O)C(O)C(O)C(=O)O. The second-order valence-corrected chi connectivity index (χ2v) is 16.4. The Morgan fingerprint density at radius 2 is 0.667 bits per heavy atom. The molecular formula is C30H66O17Ti. The zero-order chi connectivity index (χ0) is 40.7. The predicted octanol–water partition coefficient (Wildman–Crippen LogP) is 1.78. The third-order valence-corrected chi connectivity index (χ3v) is 4.74. The van der Waals surface area contributed by atoms with Gasteiger partial charge >= 0.3 is 79.2 Å². The number of rotatable bonds is 10. The summed E-state index contributed by atoms with van der Waals surface area (Å²) in [5, 5.41) is 90.7. The van der Waals surface area contributed by atoms with Crippen LogP contribution in [-0.4, -0.2) is 134 Å². The van der Waals surface area contributed by atoms with Gasteiger partial charge in [0.25, 0.3) is 0 Å².